The molecule has 19 heavy (non-hydrogen) atoms. The smallest absolute Gasteiger partial charge is 0.134 e. The summed E-state index contributed by atoms with van der Waals surface area (Å²) in [6.07, 6.45) is 0.663. The Labute approximate surface area is 117 Å². The Morgan fingerprint density at radius 2 is 2.00 bits per heavy atom. The van der Waals surface area contributed by atoms with Crippen LogP contribution >= 0.6 is 11.6 Å². The molecule has 1 atom stereocenters. The Morgan fingerprint density at radius 3 is 2.68 bits per heavy atom. The Bertz CT molecular complexity index is 550. The molecule has 1 saturated heterocycles. The predicted molar refractivity (Wildman–Crippen MR) is 75.1 cm³/mol. The van der Waals surface area contributed by atoms with Crippen LogP contribution in [0.15, 0.2) is 40.8 Å². The van der Waals surface area contributed by atoms with E-state index in [0.29, 0.717) is 0 Å². The maximum absolute atomic E-state index is 9.50. The van der Waals surface area contributed by atoms with Crippen LogP contribution < -0.4 is 0 Å². The molecule has 3 nitrogen and oxygen atoms in total. The van der Waals surface area contributed by atoms with Crippen molar-refractivity contribution in [2.45, 2.75) is 19.1 Å². The van der Waals surface area contributed by atoms with Crippen LogP contribution in [0.4, 0.5) is 0 Å². The molecule has 0 spiro atoms. The number of hydrogen-bond donors (Lipinski definition) is 1. The third-order valence-corrected chi connectivity index (χ3v) is 3.67. The molecule has 1 aliphatic rings. The van der Waals surface area contributed by atoms with E-state index in [2.05, 4.69) is 4.90 Å². The van der Waals surface area contributed by atoms with E-state index in [-0.39, 0.29) is 6.10 Å². The van der Waals surface area contributed by atoms with Gasteiger partial charge in [-0.15, -0.1) is 0 Å². The Kier molecular flexibility index (Phi) is 3.60. The van der Waals surface area contributed by atoms with Crippen molar-refractivity contribution in [2.75, 3.05) is 13.1 Å². The van der Waals surface area contributed by atoms with Gasteiger partial charge in [-0.1, -0.05) is 11.6 Å². The predicted octanol–water partition coefficient (Wildman–Crippen LogP) is 3.17. The SMILES string of the molecule is O[C@@H]1CCN(Cc2ccc(-c3ccc(Cl)cc3)o2)C1. The van der Waals surface area contributed by atoms with Gasteiger partial charge < -0.3 is 9.52 Å². The molecule has 1 N–H and O–H groups in total. The molecule has 1 aliphatic heterocycles. The van der Waals surface area contributed by atoms with E-state index in [0.717, 1.165) is 48.2 Å². The maximum atomic E-state index is 9.50. The average molecular weight is 278 g/mol. The van der Waals surface area contributed by atoms with Gasteiger partial charge in [0.15, 0.2) is 0 Å². The molecule has 1 fully saturated rings. The zero-order valence-electron chi connectivity index (χ0n) is 10.6. The fraction of sp³-hybridized carbons (Fsp3) is 0.333. The summed E-state index contributed by atoms with van der Waals surface area (Å²) in [5.41, 5.74) is 1.03. The zero-order valence-corrected chi connectivity index (χ0v) is 11.3. The van der Waals surface area contributed by atoms with Crippen molar-refractivity contribution in [3.63, 3.8) is 0 Å². The lowest BCUT2D eigenvalue weighted by Crippen LogP contribution is -2.21. The van der Waals surface area contributed by atoms with E-state index < -0.39 is 0 Å². The van der Waals surface area contributed by atoms with Crippen LogP contribution in [0.2, 0.25) is 5.02 Å². The van der Waals surface area contributed by atoms with E-state index in [4.69, 9.17) is 16.0 Å². The summed E-state index contributed by atoms with van der Waals surface area (Å²) in [4.78, 5) is 2.20. The van der Waals surface area contributed by atoms with E-state index >= 15 is 0 Å². The minimum Gasteiger partial charge on any atom is -0.460 e. The summed E-state index contributed by atoms with van der Waals surface area (Å²) in [5.74, 6) is 1.78. The molecule has 0 radical (unpaired) electrons. The van der Waals surface area contributed by atoms with Crippen LogP contribution in [-0.2, 0) is 6.54 Å². The highest BCUT2D eigenvalue weighted by atomic mass is 35.5. The van der Waals surface area contributed by atoms with Crippen molar-refractivity contribution < 1.29 is 9.52 Å². The Morgan fingerprint density at radius 1 is 1.21 bits per heavy atom. The molecule has 0 saturated carbocycles. The number of aliphatic hydroxyl groups excluding tert-OH is 1. The number of likely N-dealkylation sites (tertiary alicyclic amines) is 1. The van der Waals surface area contributed by atoms with E-state index in [1.807, 2.05) is 36.4 Å². The monoisotopic (exact) mass is 277 g/mol. The molecule has 2 heterocycles. The van der Waals surface area contributed by atoms with Crippen LogP contribution in [-0.4, -0.2) is 29.2 Å². The molecular formula is C15H16ClNO2. The largest absolute Gasteiger partial charge is 0.460 e. The first kappa shape index (κ1) is 12.7. The van der Waals surface area contributed by atoms with Gasteiger partial charge in [0.2, 0.25) is 0 Å². The highest BCUT2D eigenvalue weighted by Crippen LogP contribution is 2.25. The Balaban J connectivity index is 1.71. The first-order chi connectivity index (χ1) is 9.20. The lowest BCUT2D eigenvalue weighted by molar-refractivity contribution is 0.172. The number of nitrogens with zero attached hydrogens (tertiary/aromatic N) is 1. The van der Waals surface area contributed by atoms with Crippen molar-refractivity contribution in [1.29, 1.82) is 0 Å². The molecule has 1 aromatic carbocycles. The number of β-amino-alcohol motifs (C(OH)–C–C–N with tert-alkyl or cyclic N) is 1. The number of benzene rings is 1. The van der Waals surface area contributed by atoms with E-state index in [9.17, 15) is 5.11 Å². The fourth-order valence-electron chi connectivity index (χ4n) is 2.41. The highest BCUT2D eigenvalue weighted by molar-refractivity contribution is 6.30. The van der Waals surface area contributed by atoms with Crippen LogP contribution in [0.1, 0.15) is 12.2 Å². The van der Waals surface area contributed by atoms with Crippen LogP contribution in [0.5, 0.6) is 0 Å². The lowest BCUT2D eigenvalue weighted by atomic mass is 10.2. The van der Waals surface area contributed by atoms with Gasteiger partial charge in [-0.3, -0.25) is 4.90 Å². The van der Waals surface area contributed by atoms with Gasteiger partial charge in [-0.25, -0.2) is 0 Å². The molecule has 0 amide bonds. The minimum absolute atomic E-state index is 0.189. The summed E-state index contributed by atoms with van der Waals surface area (Å²) in [5, 5.41) is 10.2. The van der Waals surface area contributed by atoms with Gasteiger partial charge in [0.1, 0.15) is 11.5 Å². The molecule has 4 heteroatoms. The summed E-state index contributed by atoms with van der Waals surface area (Å²) in [7, 11) is 0. The second-order valence-corrected chi connectivity index (χ2v) is 5.39. The van der Waals surface area contributed by atoms with Crippen molar-refractivity contribution in [1.82, 2.24) is 4.90 Å². The van der Waals surface area contributed by atoms with Crippen LogP contribution in [0.25, 0.3) is 11.3 Å². The summed E-state index contributed by atoms with van der Waals surface area (Å²) >= 11 is 5.87. The molecule has 3 rings (SSSR count). The van der Waals surface area contributed by atoms with Crippen molar-refractivity contribution >= 4 is 11.6 Å². The zero-order chi connectivity index (χ0) is 13.2. The van der Waals surface area contributed by atoms with Gasteiger partial charge in [0.05, 0.1) is 12.6 Å². The molecular weight excluding hydrogens is 262 g/mol. The molecule has 2 aromatic rings. The normalized spacial score (nSPS) is 20.0. The third kappa shape index (κ3) is 3.00. The Hall–Kier alpha value is -1.29. The van der Waals surface area contributed by atoms with Gasteiger partial charge in [-0.05, 0) is 42.8 Å². The molecule has 0 aliphatic carbocycles. The number of halogens is 1. The average Bonchev–Trinajstić information content (AvgIpc) is 3.00. The van der Waals surface area contributed by atoms with Crippen molar-refractivity contribution in [3.8, 4) is 11.3 Å². The summed E-state index contributed by atoms with van der Waals surface area (Å²) in [6.45, 7) is 2.42. The fourth-order valence-corrected chi connectivity index (χ4v) is 2.53. The standard InChI is InChI=1S/C15H16ClNO2/c16-12-3-1-11(2-4-12)15-6-5-14(19-15)10-17-8-7-13(18)9-17/h1-6,13,18H,7-10H2/t13-/m1/s1. The second-order valence-electron chi connectivity index (χ2n) is 4.95. The van der Waals surface area contributed by atoms with Crippen molar-refractivity contribution in [2.24, 2.45) is 0 Å². The van der Waals surface area contributed by atoms with Gasteiger partial charge >= 0.3 is 0 Å². The second kappa shape index (κ2) is 5.37. The first-order valence-corrected chi connectivity index (χ1v) is 6.83. The molecule has 0 unspecified atom stereocenters. The van der Waals surface area contributed by atoms with Crippen LogP contribution in [0.3, 0.4) is 0 Å². The van der Waals surface area contributed by atoms with Gasteiger partial charge in [-0.2, -0.15) is 0 Å². The number of rotatable bonds is 3. The van der Waals surface area contributed by atoms with Crippen molar-refractivity contribution in [3.05, 3.63) is 47.2 Å². The number of aliphatic hydroxyl groups is 1. The molecule has 1 aromatic heterocycles. The molecule has 0 bridgehead atoms. The number of hydrogen-bond acceptors (Lipinski definition) is 3. The number of furan rings is 1. The third-order valence-electron chi connectivity index (χ3n) is 3.42. The quantitative estimate of drug-likeness (QED) is 0.936. The lowest BCUT2D eigenvalue weighted by Gasteiger charge is -2.12. The highest BCUT2D eigenvalue weighted by Gasteiger charge is 2.21. The first-order valence-electron chi connectivity index (χ1n) is 6.46. The van der Waals surface area contributed by atoms with Crippen LogP contribution in [0, 0.1) is 0 Å². The summed E-state index contributed by atoms with van der Waals surface area (Å²) in [6, 6.07) is 11.6. The van der Waals surface area contributed by atoms with Gasteiger partial charge in [0.25, 0.3) is 0 Å². The van der Waals surface area contributed by atoms with E-state index in [1.165, 1.54) is 0 Å². The minimum atomic E-state index is -0.189. The summed E-state index contributed by atoms with van der Waals surface area (Å²) < 4.78 is 5.84. The maximum Gasteiger partial charge on any atom is 0.134 e. The molecule has 100 valence electrons. The van der Waals surface area contributed by atoms with E-state index in [1.54, 1.807) is 0 Å². The topological polar surface area (TPSA) is 36.6 Å². The van der Waals surface area contributed by atoms with Gasteiger partial charge in [0, 0.05) is 23.7 Å².